The fourth-order valence-corrected chi connectivity index (χ4v) is 2.44. The number of hydrogen-bond acceptors (Lipinski definition) is 2. The molecule has 1 aliphatic rings. The van der Waals surface area contributed by atoms with Gasteiger partial charge in [-0.05, 0) is 43.6 Å². The molecule has 1 saturated heterocycles. The summed E-state index contributed by atoms with van der Waals surface area (Å²) in [5.74, 6) is 0.0943. The molecule has 0 aromatic heterocycles. The zero-order valence-electron chi connectivity index (χ0n) is 10.9. The van der Waals surface area contributed by atoms with Gasteiger partial charge in [-0.3, -0.25) is 9.69 Å². The summed E-state index contributed by atoms with van der Waals surface area (Å²) in [5, 5.41) is 3.64. The Balaban J connectivity index is 0.00000180. The van der Waals surface area contributed by atoms with Crippen LogP contribution in [0.1, 0.15) is 24.8 Å². The maximum absolute atomic E-state index is 11.8. The molecule has 5 heteroatoms. The summed E-state index contributed by atoms with van der Waals surface area (Å²) in [4.78, 5) is 14.0. The molecule has 1 aromatic rings. The minimum atomic E-state index is 0. The Hall–Kier alpha value is -0.770. The first-order chi connectivity index (χ1) is 8.74. The van der Waals surface area contributed by atoms with Gasteiger partial charge in [0.05, 0.1) is 6.54 Å². The largest absolute Gasteiger partial charge is 0.351 e. The lowest BCUT2D eigenvalue weighted by Gasteiger charge is -2.25. The number of likely N-dealkylation sites (tertiary alicyclic amines) is 1. The molecule has 1 aliphatic heterocycles. The van der Waals surface area contributed by atoms with Crippen LogP contribution in [0.25, 0.3) is 0 Å². The van der Waals surface area contributed by atoms with Crippen molar-refractivity contribution in [2.24, 2.45) is 0 Å². The minimum absolute atomic E-state index is 0. The lowest BCUT2D eigenvalue weighted by atomic mass is 10.1. The van der Waals surface area contributed by atoms with Crippen LogP contribution in [0.4, 0.5) is 0 Å². The highest BCUT2D eigenvalue weighted by atomic mass is 35.5. The fourth-order valence-electron chi connectivity index (χ4n) is 2.22. The molecule has 0 saturated carbocycles. The van der Waals surface area contributed by atoms with Crippen LogP contribution < -0.4 is 5.32 Å². The van der Waals surface area contributed by atoms with Gasteiger partial charge in [0.2, 0.25) is 5.91 Å². The third kappa shape index (κ3) is 5.81. The average Bonchev–Trinajstić information content (AvgIpc) is 2.38. The van der Waals surface area contributed by atoms with Crippen LogP contribution in [-0.4, -0.2) is 30.4 Å². The van der Waals surface area contributed by atoms with Crippen molar-refractivity contribution in [2.75, 3.05) is 19.6 Å². The van der Waals surface area contributed by atoms with Crippen LogP contribution in [0, 0.1) is 0 Å². The van der Waals surface area contributed by atoms with Crippen LogP contribution in [0.15, 0.2) is 24.3 Å². The van der Waals surface area contributed by atoms with Crippen molar-refractivity contribution in [3.8, 4) is 0 Å². The second-order valence-corrected chi connectivity index (χ2v) is 5.18. The number of piperidine rings is 1. The van der Waals surface area contributed by atoms with Crippen LogP contribution in [0.2, 0.25) is 5.02 Å². The molecule has 1 fully saturated rings. The van der Waals surface area contributed by atoms with Gasteiger partial charge < -0.3 is 5.32 Å². The molecule has 3 nitrogen and oxygen atoms in total. The van der Waals surface area contributed by atoms with Gasteiger partial charge in [0.15, 0.2) is 0 Å². The molecule has 106 valence electrons. The maximum Gasteiger partial charge on any atom is 0.234 e. The van der Waals surface area contributed by atoms with E-state index in [0.717, 1.165) is 18.7 Å². The molecule has 1 N–H and O–H groups in total. The monoisotopic (exact) mass is 302 g/mol. The first kappa shape index (κ1) is 16.3. The van der Waals surface area contributed by atoms with E-state index < -0.39 is 0 Å². The lowest BCUT2D eigenvalue weighted by Crippen LogP contribution is -2.39. The standard InChI is InChI=1S/C14H19ClN2O.ClH/c15-13-6-4-5-12(9-13)10-16-14(18)11-17-7-2-1-3-8-17;/h4-6,9H,1-3,7-8,10-11H2,(H,16,18);1H. The Labute approximate surface area is 125 Å². The van der Waals surface area contributed by atoms with Crippen molar-refractivity contribution in [3.63, 3.8) is 0 Å². The van der Waals surface area contributed by atoms with E-state index in [1.54, 1.807) is 0 Å². The Bertz CT molecular complexity index is 406. The van der Waals surface area contributed by atoms with Crippen molar-refractivity contribution in [3.05, 3.63) is 34.9 Å². The van der Waals surface area contributed by atoms with Gasteiger partial charge in [0.1, 0.15) is 0 Å². The molecule has 0 unspecified atom stereocenters. The number of halogens is 2. The topological polar surface area (TPSA) is 32.3 Å². The zero-order chi connectivity index (χ0) is 12.8. The molecule has 1 aromatic carbocycles. The Morgan fingerprint density at radius 2 is 2.00 bits per heavy atom. The van der Waals surface area contributed by atoms with E-state index in [9.17, 15) is 4.79 Å². The predicted octanol–water partition coefficient (Wildman–Crippen LogP) is 2.86. The van der Waals surface area contributed by atoms with E-state index in [2.05, 4.69) is 10.2 Å². The molecule has 1 amide bonds. The summed E-state index contributed by atoms with van der Waals surface area (Å²) in [6.07, 6.45) is 3.71. The fraction of sp³-hybridized carbons (Fsp3) is 0.500. The normalized spacial score (nSPS) is 15.6. The van der Waals surface area contributed by atoms with Crippen molar-refractivity contribution in [1.82, 2.24) is 10.2 Å². The number of nitrogens with one attached hydrogen (secondary N) is 1. The Kier molecular flexibility index (Phi) is 7.21. The van der Waals surface area contributed by atoms with Crippen LogP contribution in [0.3, 0.4) is 0 Å². The lowest BCUT2D eigenvalue weighted by molar-refractivity contribution is -0.122. The highest BCUT2D eigenvalue weighted by molar-refractivity contribution is 6.30. The van der Waals surface area contributed by atoms with Gasteiger partial charge >= 0.3 is 0 Å². The molecule has 0 radical (unpaired) electrons. The number of benzene rings is 1. The van der Waals surface area contributed by atoms with Gasteiger partial charge in [0.25, 0.3) is 0 Å². The first-order valence-corrected chi connectivity index (χ1v) is 6.85. The molecule has 1 heterocycles. The third-order valence-electron chi connectivity index (χ3n) is 3.19. The van der Waals surface area contributed by atoms with Crippen LogP contribution in [-0.2, 0) is 11.3 Å². The number of rotatable bonds is 4. The quantitative estimate of drug-likeness (QED) is 0.927. The molecule has 0 spiro atoms. The van der Waals surface area contributed by atoms with Gasteiger partial charge in [0, 0.05) is 11.6 Å². The summed E-state index contributed by atoms with van der Waals surface area (Å²) in [6, 6.07) is 7.57. The highest BCUT2D eigenvalue weighted by Gasteiger charge is 2.13. The van der Waals surface area contributed by atoms with E-state index in [1.165, 1.54) is 19.3 Å². The minimum Gasteiger partial charge on any atom is -0.351 e. The molecular weight excluding hydrogens is 283 g/mol. The highest BCUT2D eigenvalue weighted by Crippen LogP contribution is 2.10. The van der Waals surface area contributed by atoms with E-state index in [1.807, 2.05) is 24.3 Å². The van der Waals surface area contributed by atoms with E-state index in [-0.39, 0.29) is 18.3 Å². The van der Waals surface area contributed by atoms with Crippen molar-refractivity contribution in [1.29, 1.82) is 0 Å². The van der Waals surface area contributed by atoms with Crippen molar-refractivity contribution >= 4 is 29.9 Å². The number of amides is 1. The van der Waals surface area contributed by atoms with Crippen molar-refractivity contribution in [2.45, 2.75) is 25.8 Å². The van der Waals surface area contributed by atoms with Gasteiger partial charge in [-0.2, -0.15) is 0 Å². The third-order valence-corrected chi connectivity index (χ3v) is 3.43. The van der Waals surface area contributed by atoms with Gasteiger partial charge in [-0.1, -0.05) is 30.2 Å². The van der Waals surface area contributed by atoms with Gasteiger partial charge in [-0.15, -0.1) is 12.4 Å². The van der Waals surface area contributed by atoms with E-state index in [4.69, 9.17) is 11.6 Å². The molecule has 0 aliphatic carbocycles. The number of hydrogen-bond donors (Lipinski definition) is 1. The SMILES string of the molecule is Cl.O=C(CN1CCCCC1)NCc1cccc(Cl)c1. The Morgan fingerprint density at radius 1 is 1.26 bits per heavy atom. The summed E-state index contributed by atoms with van der Waals surface area (Å²) < 4.78 is 0. The van der Waals surface area contributed by atoms with E-state index >= 15 is 0 Å². The molecule has 0 atom stereocenters. The zero-order valence-corrected chi connectivity index (χ0v) is 12.5. The second-order valence-electron chi connectivity index (χ2n) is 4.74. The summed E-state index contributed by atoms with van der Waals surface area (Å²) in [5.41, 5.74) is 1.04. The number of carbonyl (C=O) groups excluding carboxylic acids is 1. The smallest absolute Gasteiger partial charge is 0.234 e. The summed E-state index contributed by atoms with van der Waals surface area (Å²) in [7, 11) is 0. The summed E-state index contributed by atoms with van der Waals surface area (Å²) in [6.45, 7) is 3.16. The van der Waals surface area contributed by atoms with E-state index in [0.29, 0.717) is 18.1 Å². The molecule has 19 heavy (non-hydrogen) atoms. The number of carbonyl (C=O) groups is 1. The summed E-state index contributed by atoms with van der Waals surface area (Å²) >= 11 is 5.89. The first-order valence-electron chi connectivity index (χ1n) is 6.47. The molecule has 2 rings (SSSR count). The number of nitrogens with zero attached hydrogens (tertiary/aromatic N) is 1. The predicted molar refractivity (Wildman–Crippen MR) is 80.8 cm³/mol. The van der Waals surface area contributed by atoms with Crippen LogP contribution >= 0.6 is 24.0 Å². The Morgan fingerprint density at radius 3 is 2.68 bits per heavy atom. The van der Waals surface area contributed by atoms with Crippen molar-refractivity contribution < 1.29 is 4.79 Å². The molecular formula is C14H20Cl2N2O. The second kappa shape index (κ2) is 8.41. The average molecular weight is 303 g/mol. The maximum atomic E-state index is 11.8. The van der Waals surface area contributed by atoms with Crippen LogP contribution in [0.5, 0.6) is 0 Å². The van der Waals surface area contributed by atoms with Gasteiger partial charge in [-0.25, -0.2) is 0 Å². The molecule has 0 bridgehead atoms.